The Morgan fingerprint density at radius 3 is 2.63 bits per heavy atom. The van der Waals surface area contributed by atoms with Gasteiger partial charge in [0.25, 0.3) is 5.91 Å². The van der Waals surface area contributed by atoms with Crippen molar-refractivity contribution in [2.24, 2.45) is 0 Å². The number of rotatable bonds is 6. The van der Waals surface area contributed by atoms with E-state index in [1.807, 2.05) is 19.0 Å². The van der Waals surface area contributed by atoms with Gasteiger partial charge in [-0.05, 0) is 51.3 Å². The largest absolute Gasteiger partial charge is 0.486 e. The maximum atomic E-state index is 14.2. The molecule has 0 radical (unpaired) electrons. The maximum Gasteiger partial charge on any atom is 0.260 e. The first-order valence-electron chi connectivity index (χ1n) is 9.54. The first-order valence-corrected chi connectivity index (χ1v) is 10.4. The first-order chi connectivity index (χ1) is 14.4. The van der Waals surface area contributed by atoms with E-state index in [2.05, 4.69) is 4.98 Å². The molecule has 4 rings (SSSR count). The van der Waals surface area contributed by atoms with Gasteiger partial charge in [-0.3, -0.25) is 9.69 Å². The summed E-state index contributed by atoms with van der Waals surface area (Å²) < 4.78 is 39.2. The molecule has 0 atom stereocenters. The van der Waals surface area contributed by atoms with E-state index < -0.39 is 11.6 Å². The Morgan fingerprint density at radius 2 is 1.87 bits per heavy atom. The number of halogens is 2. The minimum atomic E-state index is -0.743. The molecule has 1 amide bonds. The molecular formula is C21H21F2N3O3S. The van der Waals surface area contributed by atoms with Gasteiger partial charge in [-0.2, -0.15) is 0 Å². The average molecular weight is 433 g/mol. The van der Waals surface area contributed by atoms with Gasteiger partial charge in [0, 0.05) is 18.2 Å². The zero-order valence-electron chi connectivity index (χ0n) is 16.7. The highest BCUT2D eigenvalue weighted by Crippen LogP contribution is 2.34. The van der Waals surface area contributed by atoms with E-state index in [0.29, 0.717) is 53.1 Å². The molecular weight excluding hydrogens is 412 g/mol. The fraction of sp³-hybridized carbons (Fsp3) is 0.333. The van der Waals surface area contributed by atoms with E-state index in [1.54, 1.807) is 18.2 Å². The SMILES string of the molecule is CN(C)CCCN(C(=O)c1ccc2c(c1)OCCO2)c1nc2c(F)cc(F)cc2s1. The first kappa shape index (κ1) is 20.5. The minimum Gasteiger partial charge on any atom is -0.486 e. The molecule has 0 saturated heterocycles. The number of nitrogens with zero attached hydrogens (tertiary/aromatic N) is 3. The van der Waals surface area contributed by atoms with Crippen molar-refractivity contribution in [1.82, 2.24) is 9.88 Å². The Hall–Kier alpha value is -2.78. The summed E-state index contributed by atoms with van der Waals surface area (Å²) in [6.07, 6.45) is 0.691. The average Bonchev–Trinajstić information content (AvgIpc) is 3.14. The van der Waals surface area contributed by atoms with Gasteiger partial charge < -0.3 is 14.4 Å². The molecule has 3 aromatic rings. The van der Waals surface area contributed by atoms with Gasteiger partial charge in [-0.1, -0.05) is 11.3 Å². The number of benzene rings is 2. The lowest BCUT2D eigenvalue weighted by Gasteiger charge is -2.23. The molecule has 6 nitrogen and oxygen atoms in total. The van der Waals surface area contributed by atoms with Crippen LogP contribution < -0.4 is 14.4 Å². The smallest absolute Gasteiger partial charge is 0.260 e. The normalized spacial score (nSPS) is 13.1. The molecule has 0 saturated carbocycles. The highest BCUT2D eigenvalue weighted by atomic mass is 32.1. The Kier molecular flexibility index (Phi) is 5.83. The van der Waals surface area contributed by atoms with Crippen LogP contribution in [0.2, 0.25) is 0 Å². The van der Waals surface area contributed by atoms with Crippen LogP contribution >= 0.6 is 11.3 Å². The molecule has 1 aromatic heterocycles. The number of carbonyl (C=O) groups excluding carboxylic acids is 1. The molecule has 2 heterocycles. The summed E-state index contributed by atoms with van der Waals surface area (Å²) >= 11 is 1.09. The van der Waals surface area contributed by atoms with Crippen LogP contribution in [0.4, 0.5) is 13.9 Å². The maximum absolute atomic E-state index is 14.2. The van der Waals surface area contributed by atoms with Crippen molar-refractivity contribution in [2.75, 3.05) is 45.3 Å². The Labute approximate surface area is 176 Å². The summed E-state index contributed by atoms with van der Waals surface area (Å²) in [5, 5.41) is 0.327. The molecule has 158 valence electrons. The second-order valence-electron chi connectivity index (χ2n) is 7.20. The van der Waals surface area contributed by atoms with Gasteiger partial charge in [-0.15, -0.1) is 0 Å². The van der Waals surface area contributed by atoms with Gasteiger partial charge in [-0.25, -0.2) is 13.8 Å². The molecule has 0 N–H and O–H groups in total. The van der Waals surface area contributed by atoms with Gasteiger partial charge in [0.15, 0.2) is 22.4 Å². The number of hydrogen-bond acceptors (Lipinski definition) is 6. The number of ether oxygens (including phenoxy) is 2. The summed E-state index contributed by atoms with van der Waals surface area (Å²) in [6.45, 7) is 2.03. The van der Waals surface area contributed by atoms with Crippen LogP contribution in [0.1, 0.15) is 16.8 Å². The van der Waals surface area contributed by atoms with E-state index in [0.717, 1.165) is 23.9 Å². The number of hydrogen-bond donors (Lipinski definition) is 0. The van der Waals surface area contributed by atoms with Crippen molar-refractivity contribution in [2.45, 2.75) is 6.42 Å². The van der Waals surface area contributed by atoms with Crippen molar-refractivity contribution in [3.63, 3.8) is 0 Å². The zero-order valence-corrected chi connectivity index (χ0v) is 17.5. The molecule has 0 unspecified atom stereocenters. The standard InChI is InChI=1S/C21H21F2N3O3S/c1-25(2)6-3-7-26(21-24-19-15(23)11-14(22)12-18(19)30-21)20(27)13-4-5-16-17(10-13)29-9-8-28-16/h4-5,10-12H,3,6-9H2,1-2H3. The molecule has 1 aliphatic rings. The van der Waals surface area contributed by atoms with Crippen LogP contribution in [-0.4, -0.2) is 56.2 Å². The van der Waals surface area contributed by atoms with E-state index in [-0.39, 0.29) is 11.4 Å². The van der Waals surface area contributed by atoms with Crippen LogP contribution in [0.15, 0.2) is 30.3 Å². The number of anilines is 1. The van der Waals surface area contributed by atoms with Crippen LogP contribution in [-0.2, 0) is 0 Å². The molecule has 0 fully saturated rings. The molecule has 2 aromatic carbocycles. The summed E-state index contributed by atoms with van der Waals surface area (Å²) in [6, 6.07) is 7.04. The van der Waals surface area contributed by atoms with Crippen LogP contribution in [0.25, 0.3) is 10.2 Å². The molecule has 30 heavy (non-hydrogen) atoms. The van der Waals surface area contributed by atoms with Gasteiger partial charge in [0.05, 0.1) is 4.70 Å². The van der Waals surface area contributed by atoms with Crippen molar-refractivity contribution in [1.29, 1.82) is 0 Å². The van der Waals surface area contributed by atoms with Crippen LogP contribution in [0, 0.1) is 11.6 Å². The third-order valence-electron chi connectivity index (χ3n) is 4.65. The number of aromatic nitrogens is 1. The van der Waals surface area contributed by atoms with Crippen molar-refractivity contribution < 1.29 is 23.0 Å². The predicted octanol–water partition coefficient (Wildman–Crippen LogP) is 3.94. The van der Waals surface area contributed by atoms with E-state index in [4.69, 9.17) is 9.47 Å². The van der Waals surface area contributed by atoms with Gasteiger partial charge in [0.1, 0.15) is 24.5 Å². The Balaban J connectivity index is 1.69. The zero-order chi connectivity index (χ0) is 21.3. The van der Waals surface area contributed by atoms with Gasteiger partial charge in [0.2, 0.25) is 0 Å². The van der Waals surface area contributed by atoms with E-state index in [9.17, 15) is 13.6 Å². The number of fused-ring (bicyclic) bond motifs is 2. The third kappa shape index (κ3) is 4.22. The number of carbonyl (C=O) groups is 1. The summed E-state index contributed by atoms with van der Waals surface area (Å²) in [5.41, 5.74) is 0.471. The monoisotopic (exact) mass is 433 g/mol. The minimum absolute atomic E-state index is 0.0592. The van der Waals surface area contributed by atoms with Crippen molar-refractivity contribution in [3.8, 4) is 11.5 Å². The highest BCUT2D eigenvalue weighted by molar-refractivity contribution is 7.22. The summed E-state index contributed by atoms with van der Waals surface area (Å²) in [7, 11) is 3.89. The fourth-order valence-corrected chi connectivity index (χ4v) is 4.25. The molecule has 0 aliphatic carbocycles. The van der Waals surface area contributed by atoms with Crippen molar-refractivity contribution in [3.05, 3.63) is 47.5 Å². The molecule has 0 bridgehead atoms. The predicted molar refractivity (Wildman–Crippen MR) is 112 cm³/mol. The number of thiazole rings is 1. The third-order valence-corrected chi connectivity index (χ3v) is 5.68. The summed E-state index contributed by atoms with van der Waals surface area (Å²) in [5.74, 6) is -0.599. The van der Waals surface area contributed by atoms with Crippen LogP contribution in [0.3, 0.4) is 0 Å². The Morgan fingerprint density at radius 1 is 1.10 bits per heavy atom. The van der Waals surface area contributed by atoms with Gasteiger partial charge >= 0.3 is 0 Å². The topological polar surface area (TPSA) is 54.9 Å². The fourth-order valence-electron chi connectivity index (χ4n) is 3.22. The van der Waals surface area contributed by atoms with E-state index >= 15 is 0 Å². The molecule has 9 heteroatoms. The second kappa shape index (κ2) is 8.53. The lowest BCUT2D eigenvalue weighted by Crippen LogP contribution is -2.33. The lowest BCUT2D eigenvalue weighted by molar-refractivity contribution is 0.0984. The Bertz CT molecular complexity index is 1090. The van der Waals surface area contributed by atoms with Crippen LogP contribution in [0.5, 0.6) is 11.5 Å². The number of amides is 1. The molecule has 1 aliphatic heterocycles. The quantitative estimate of drug-likeness (QED) is 0.589. The van der Waals surface area contributed by atoms with Crippen molar-refractivity contribution >= 4 is 32.6 Å². The molecule has 0 spiro atoms. The van der Waals surface area contributed by atoms with E-state index in [1.165, 1.54) is 11.0 Å². The lowest BCUT2D eigenvalue weighted by atomic mass is 10.1. The highest BCUT2D eigenvalue weighted by Gasteiger charge is 2.24. The second-order valence-corrected chi connectivity index (χ2v) is 8.21. The summed E-state index contributed by atoms with van der Waals surface area (Å²) in [4.78, 5) is 21.2.